The third-order valence-electron chi connectivity index (χ3n) is 4.88. The molecule has 2 aromatic heterocycles. The molecule has 2 heterocycles. The number of benzene rings is 1. The number of hydrogen-bond acceptors (Lipinski definition) is 3. The Labute approximate surface area is 163 Å². The third-order valence-corrected chi connectivity index (χ3v) is 5.21. The van der Waals surface area contributed by atoms with Gasteiger partial charge in [-0.3, -0.25) is 4.79 Å². The molecule has 28 heavy (non-hydrogen) atoms. The van der Waals surface area contributed by atoms with Crippen molar-refractivity contribution in [2.75, 3.05) is 5.32 Å². The highest BCUT2D eigenvalue weighted by molar-refractivity contribution is 6.33. The molecule has 0 bridgehead atoms. The summed E-state index contributed by atoms with van der Waals surface area (Å²) in [4.78, 5) is 23.2. The predicted molar refractivity (Wildman–Crippen MR) is 99.9 cm³/mol. The Morgan fingerprint density at radius 2 is 1.96 bits per heavy atom. The molecule has 9 heteroatoms. The van der Waals surface area contributed by atoms with Gasteiger partial charge in [0.1, 0.15) is 5.82 Å². The van der Waals surface area contributed by atoms with Gasteiger partial charge >= 0.3 is 6.18 Å². The number of amides is 1. The number of anilines is 1. The molecule has 0 saturated heterocycles. The third kappa shape index (κ3) is 3.69. The van der Waals surface area contributed by atoms with E-state index in [0.29, 0.717) is 16.3 Å². The van der Waals surface area contributed by atoms with Crippen molar-refractivity contribution in [1.82, 2.24) is 15.0 Å². The minimum Gasteiger partial charge on any atom is -0.337 e. The van der Waals surface area contributed by atoms with E-state index < -0.39 is 11.7 Å². The summed E-state index contributed by atoms with van der Waals surface area (Å²) >= 11 is 6.25. The molecule has 1 aliphatic carbocycles. The molecule has 146 valence electrons. The Morgan fingerprint density at radius 1 is 1.21 bits per heavy atom. The monoisotopic (exact) mass is 408 g/mol. The maximum absolute atomic E-state index is 12.9. The average Bonchev–Trinajstić information content (AvgIpc) is 3.31. The first-order chi connectivity index (χ1) is 13.3. The molecular weight excluding hydrogens is 393 g/mol. The molecule has 1 amide bonds. The summed E-state index contributed by atoms with van der Waals surface area (Å²) < 4.78 is 38.6. The highest BCUT2D eigenvalue weighted by Crippen LogP contribution is 2.33. The van der Waals surface area contributed by atoms with Crippen LogP contribution in [0, 0.1) is 5.92 Å². The van der Waals surface area contributed by atoms with E-state index in [1.54, 1.807) is 18.2 Å². The summed E-state index contributed by atoms with van der Waals surface area (Å²) in [6, 6.07) is 5.90. The van der Waals surface area contributed by atoms with Crippen molar-refractivity contribution in [2.24, 2.45) is 5.92 Å². The predicted octanol–water partition coefficient (Wildman–Crippen LogP) is 5.43. The molecule has 0 aliphatic heterocycles. The zero-order valence-electron chi connectivity index (χ0n) is 14.6. The zero-order valence-corrected chi connectivity index (χ0v) is 15.4. The number of halogens is 4. The minimum absolute atomic E-state index is 0.00955. The number of aromatic nitrogens is 3. The van der Waals surface area contributed by atoms with Crippen molar-refractivity contribution >= 4 is 34.4 Å². The molecule has 0 radical (unpaired) electrons. The average molecular weight is 409 g/mol. The lowest BCUT2D eigenvalue weighted by atomic mass is 10.1. The molecule has 5 nitrogen and oxygen atoms in total. The van der Waals surface area contributed by atoms with Gasteiger partial charge in [0, 0.05) is 23.4 Å². The second kappa shape index (κ2) is 7.09. The van der Waals surface area contributed by atoms with E-state index in [9.17, 15) is 18.0 Å². The summed E-state index contributed by atoms with van der Waals surface area (Å²) in [6.07, 6.45) is 0.110. The van der Waals surface area contributed by atoms with Crippen molar-refractivity contribution in [3.05, 3.63) is 41.0 Å². The maximum atomic E-state index is 12.9. The van der Waals surface area contributed by atoms with Gasteiger partial charge < -0.3 is 10.3 Å². The number of rotatable bonds is 3. The smallest absolute Gasteiger partial charge is 0.337 e. The van der Waals surface area contributed by atoms with Crippen LogP contribution in [0.5, 0.6) is 0 Å². The maximum Gasteiger partial charge on any atom is 0.417 e. The van der Waals surface area contributed by atoms with E-state index in [1.807, 2.05) is 0 Å². The fourth-order valence-electron chi connectivity index (χ4n) is 3.40. The Kier molecular flexibility index (Phi) is 4.74. The number of H-pyrrole nitrogens is 1. The summed E-state index contributed by atoms with van der Waals surface area (Å²) in [6.45, 7) is 0. The van der Waals surface area contributed by atoms with Gasteiger partial charge in [0.05, 0.1) is 16.1 Å². The molecule has 1 aromatic carbocycles. The second-order valence-electron chi connectivity index (χ2n) is 6.84. The van der Waals surface area contributed by atoms with Gasteiger partial charge in [0.15, 0.2) is 5.65 Å². The Bertz CT molecular complexity index is 1040. The van der Waals surface area contributed by atoms with Crippen LogP contribution >= 0.6 is 11.6 Å². The number of nitrogens with zero attached hydrogens (tertiary/aromatic N) is 2. The van der Waals surface area contributed by atoms with Crippen LogP contribution < -0.4 is 5.32 Å². The molecule has 1 fully saturated rings. The second-order valence-corrected chi connectivity index (χ2v) is 7.25. The van der Waals surface area contributed by atoms with Crippen molar-refractivity contribution < 1.29 is 18.0 Å². The lowest BCUT2D eigenvalue weighted by Gasteiger charge is -2.11. The number of alkyl halides is 3. The Hall–Kier alpha value is -2.61. The van der Waals surface area contributed by atoms with Crippen molar-refractivity contribution in [2.45, 2.75) is 31.9 Å². The van der Waals surface area contributed by atoms with Crippen LogP contribution in [0.1, 0.15) is 31.2 Å². The number of carbonyl (C=O) groups excluding carboxylic acids is 1. The van der Waals surface area contributed by atoms with E-state index >= 15 is 0 Å². The van der Waals surface area contributed by atoms with Crippen LogP contribution in [0.3, 0.4) is 0 Å². The van der Waals surface area contributed by atoms with Crippen LogP contribution in [0.25, 0.3) is 22.6 Å². The molecule has 0 atom stereocenters. The SMILES string of the molecule is O=C(Nc1ccc(Cl)c(-c2nc3ncc(C(F)(F)F)cc3[nH]2)c1)C1CCCC1. The number of imidazole rings is 1. The zero-order chi connectivity index (χ0) is 19.9. The van der Waals surface area contributed by atoms with E-state index in [2.05, 4.69) is 20.3 Å². The summed E-state index contributed by atoms with van der Waals surface area (Å²) in [7, 11) is 0. The summed E-state index contributed by atoms with van der Waals surface area (Å²) in [5.74, 6) is 0.256. The molecule has 0 spiro atoms. The number of fused-ring (bicyclic) bond motifs is 1. The summed E-state index contributed by atoms with van der Waals surface area (Å²) in [5.41, 5.74) is 0.470. The molecule has 2 N–H and O–H groups in total. The van der Waals surface area contributed by atoms with Crippen LogP contribution in [-0.2, 0) is 11.0 Å². The molecular formula is C19H16ClF3N4O. The van der Waals surface area contributed by atoms with E-state index in [0.717, 1.165) is 37.9 Å². The minimum atomic E-state index is -4.49. The van der Waals surface area contributed by atoms with Crippen molar-refractivity contribution in [3.63, 3.8) is 0 Å². The highest BCUT2D eigenvalue weighted by Gasteiger charge is 2.31. The number of aromatic amines is 1. The molecule has 1 aliphatic rings. The highest BCUT2D eigenvalue weighted by atomic mass is 35.5. The van der Waals surface area contributed by atoms with Gasteiger partial charge in [-0.15, -0.1) is 0 Å². The molecule has 4 rings (SSSR count). The normalized spacial score (nSPS) is 15.3. The molecule has 1 saturated carbocycles. The van der Waals surface area contributed by atoms with Gasteiger partial charge in [0.2, 0.25) is 5.91 Å². The number of nitrogens with one attached hydrogen (secondary N) is 2. The number of pyridine rings is 1. The Morgan fingerprint density at radius 3 is 2.68 bits per heavy atom. The first-order valence-electron chi connectivity index (χ1n) is 8.85. The van der Waals surface area contributed by atoms with Gasteiger partial charge in [-0.05, 0) is 37.1 Å². The largest absolute Gasteiger partial charge is 0.417 e. The van der Waals surface area contributed by atoms with E-state index in [4.69, 9.17) is 11.6 Å². The lowest BCUT2D eigenvalue weighted by molar-refractivity contribution is -0.137. The fourth-order valence-corrected chi connectivity index (χ4v) is 3.61. The van der Waals surface area contributed by atoms with Gasteiger partial charge in [-0.1, -0.05) is 24.4 Å². The van der Waals surface area contributed by atoms with Crippen molar-refractivity contribution in [3.8, 4) is 11.4 Å². The van der Waals surface area contributed by atoms with Gasteiger partial charge in [-0.25, -0.2) is 9.97 Å². The van der Waals surface area contributed by atoms with Crippen LogP contribution in [0.2, 0.25) is 5.02 Å². The number of carbonyl (C=O) groups is 1. The number of hydrogen-bond donors (Lipinski definition) is 2. The Balaban J connectivity index is 1.65. The van der Waals surface area contributed by atoms with Crippen LogP contribution in [0.4, 0.5) is 18.9 Å². The summed E-state index contributed by atoms with van der Waals surface area (Å²) in [5, 5.41) is 3.24. The van der Waals surface area contributed by atoms with Gasteiger partial charge in [0.25, 0.3) is 0 Å². The quantitative estimate of drug-likeness (QED) is 0.607. The first kappa shape index (κ1) is 18.7. The van der Waals surface area contributed by atoms with Crippen LogP contribution in [-0.4, -0.2) is 20.9 Å². The fraction of sp³-hybridized carbons (Fsp3) is 0.316. The first-order valence-corrected chi connectivity index (χ1v) is 9.23. The topological polar surface area (TPSA) is 70.7 Å². The standard InChI is InChI=1S/C19H16ClF3N4O/c20-14-6-5-12(25-18(28)10-3-1-2-4-10)8-13(14)16-26-15-7-11(19(21,22)23)9-24-17(15)27-16/h5-10H,1-4H2,(H,25,28)(H,24,26,27). The van der Waals surface area contributed by atoms with E-state index in [-0.39, 0.29) is 28.8 Å². The van der Waals surface area contributed by atoms with E-state index in [1.165, 1.54) is 0 Å². The lowest BCUT2D eigenvalue weighted by Crippen LogP contribution is -2.20. The van der Waals surface area contributed by atoms with Crippen LogP contribution in [0.15, 0.2) is 30.5 Å². The van der Waals surface area contributed by atoms with Gasteiger partial charge in [-0.2, -0.15) is 13.2 Å². The van der Waals surface area contributed by atoms with Crippen molar-refractivity contribution in [1.29, 1.82) is 0 Å². The molecule has 3 aromatic rings. The molecule has 0 unspecified atom stereocenters.